The molecule has 0 bridgehead atoms. The second-order valence-electron chi connectivity index (χ2n) is 7.30. The second kappa shape index (κ2) is 8.85. The lowest BCUT2D eigenvalue weighted by Gasteiger charge is -2.50. The maximum Gasteiger partial charge on any atom is 0.329 e. The van der Waals surface area contributed by atoms with Crippen molar-refractivity contribution in [1.82, 2.24) is 5.32 Å². The maximum atomic E-state index is 11.8. The molecule has 2 fully saturated rings. The molecular weight excluding hydrogens is 406 g/mol. The van der Waals surface area contributed by atoms with Crippen molar-refractivity contribution in [3.63, 3.8) is 0 Å². The van der Waals surface area contributed by atoms with E-state index in [1.807, 2.05) is 0 Å². The lowest BCUT2D eigenvalue weighted by molar-refractivity contribution is -0.364. The molecule has 0 aromatic heterocycles. The van der Waals surface area contributed by atoms with Gasteiger partial charge >= 0.3 is 5.97 Å². The van der Waals surface area contributed by atoms with Gasteiger partial charge in [-0.05, 0) is 38.1 Å². The minimum Gasteiger partial charge on any atom is -0.480 e. The first-order chi connectivity index (χ1) is 13.6. The van der Waals surface area contributed by atoms with Gasteiger partial charge in [0.05, 0.1) is 6.61 Å². The van der Waals surface area contributed by atoms with Crippen LogP contribution in [0.3, 0.4) is 0 Å². The Hall–Kier alpha value is -1.91. The summed E-state index contributed by atoms with van der Waals surface area (Å²) in [5.74, 6) is -1.95. The number of carbonyl (C=O) groups excluding carboxylic acids is 1. The average Bonchev–Trinajstić information content (AvgIpc) is 2.62. The highest BCUT2D eigenvalue weighted by molar-refractivity contribution is 6.30. The van der Waals surface area contributed by atoms with E-state index >= 15 is 0 Å². The summed E-state index contributed by atoms with van der Waals surface area (Å²) in [6.45, 7) is 4.44. The predicted molar refractivity (Wildman–Crippen MR) is 101 cm³/mol. The Labute approximate surface area is 173 Å². The number of carboxylic acids is 1. The van der Waals surface area contributed by atoms with Gasteiger partial charge in [0.2, 0.25) is 12.2 Å². The second-order valence-corrected chi connectivity index (χ2v) is 7.74. The summed E-state index contributed by atoms with van der Waals surface area (Å²) in [5, 5.41) is 12.4. The fraction of sp³-hybridized carbons (Fsp3) is 0.579. The molecule has 10 heteroatoms. The van der Waals surface area contributed by atoms with Gasteiger partial charge in [-0.3, -0.25) is 4.79 Å². The molecule has 5 atom stereocenters. The number of hydrogen-bond donors (Lipinski definition) is 2. The number of ether oxygens (including phenoxy) is 5. The summed E-state index contributed by atoms with van der Waals surface area (Å²) in [7, 11) is 0. The van der Waals surface area contributed by atoms with E-state index in [4.69, 9.17) is 40.4 Å². The van der Waals surface area contributed by atoms with E-state index in [1.54, 1.807) is 38.1 Å². The number of nitrogens with one attached hydrogen (secondary N) is 1. The van der Waals surface area contributed by atoms with Crippen LogP contribution >= 0.6 is 11.6 Å². The number of benzene rings is 1. The van der Waals surface area contributed by atoms with Gasteiger partial charge in [0.15, 0.2) is 5.79 Å². The Balaban J connectivity index is 1.89. The van der Waals surface area contributed by atoms with Crippen molar-refractivity contribution in [2.45, 2.75) is 57.2 Å². The van der Waals surface area contributed by atoms with E-state index in [0.29, 0.717) is 10.8 Å². The number of aliphatic carboxylic acids is 1. The number of carboxylic acid groups (broad SMARTS) is 1. The first-order valence-electron chi connectivity index (χ1n) is 9.14. The fourth-order valence-electron chi connectivity index (χ4n) is 3.33. The van der Waals surface area contributed by atoms with Crippen LogP contribution in [0.5, 0.6) is 5.75 Å². The minimum absolute atomic E-state index is 0.192. The molecule has 29 heavy (non-hydrogen) atoms. The van der Waals surface area contributed by atoms with Crippen molar-refractivity contribution >= 4 is 23.5 Å². The average molecular weight is 430 g/mol. The molecule has 2 aliphatic rings. The molecule has 1 aromatic rings. The third kappa shape index (κ3) is 5.58. The standard InChI is InChI=1S/C19H24ClNO8/c1-10(22)21-15-17(25-9-14(23)24)16-13(8-26-19(2,3)29-16)28-18(15)27-12-6-4-11(20)5-7-12/h4-7,13,15-18H,8-9H2,1-3H3,(H,21,22)(H,23,24). The van der Waals surface area contributed by atoms with Crippen LogP contribution in [0.25, 0.3) is 0 Å². The van der Waals surface area contributed by atoms with Crippen LogP contribution in [-0.4, -0.2) is 66.6 Å². The maximum absolute atomic E-state index is 11.8. The smallest absolute Gasteiger partial charge is 0.329 e. The van der Waals surface area contributed by atoms with Gasteiger partial charge in [-0.25, -0.2) is 4.79 Å². The summed E-state index contributed by atoms with van der Waals surface area (Å²) >= 11 is 5.91. The topological polar surface area (TPSA) is 113 Å². The van der Waals surface area contributed by atoms with Crippen molar-refractivity contribution in [3.8, 4) is 5.75 Å². The molecule has 0 radical (unpaired) electrons. The highest BCUT2D eigenvalue weighted by Crippen LogP contribution is 2.34. The highest BCUT2D eigenvalue weighted by atomic mass is 35.5. The van der Waals surface area contributed by atoms with Gasteiger partial charge < -0.3 is 34.1 Å². The highest BCUT2D eigenvalue weighted by Gasteiger charge is 2.53. The fourth-order valence-corrected chi connectivity index (χ4v) is 3.45. The van der Waals surface area contributed by atoms with Crippen LogP contribution in [0, 0.1) is 0 Å². The molecular formula is C19H24ClNO8. The van der Waals surface area contributed by atoms with Gasteiger partial charge in [-0.15, -0.1) is 0 Å². The number of hydrogen-bond acceptors (Lipinski definition) is 7. The zero-order valence-electron chi connectivity index (χ0n) is 16.3. The molecule has 0 aliphatic carbocycles. The molecule has 1 amide bonds. The summed E-state index contributed by atoms with van der Waals surface area (Å²) < 4.78 is 29.2. The van der Waals surface area contributed by atoms with Crippen LogP contribution < -0.4 is 10.1 Å². The van der Waals surface area contributed by atoms with Crippen molar-refractivity contribution in [1.29, 1.82) is 0 Å². The summed E-state index contributed by atoms with van der Waals surface area (Å²) in [4.78, 5) is 23.0. The molecule has 2 heterocycles. The Morgan fingerprint density at radius 2 is 2.00 bits per heavy atom. The summed E-state index contributed by atoms with van der Waals surface area (Å²) in [6, 6.07) is 5.81. The van der Waals surface area contributed by atoms with Crippen LogP contribution in [0.15, 0.2) is 24.3 Å². The SMILES string of the molecule is CC(=O)NC1C(Oc2ccc(Cl)cc2)OC2COC(C)(C)OC2C1OCC(=O)O. The largest absolute Gasteiger partial charge is 0.480 e. The third-order valence-electron chi connectivity index (χ3n) is 4.50. The van der Waals surface area contributed by atoms with E-state index in [-0.39, 0.29) is 12.5 Å². The van der Waals surface area contributed by atoms with Crippen molar-refractivity contribution in [2.75, 3.05) is 13.2 Å². The van der Waals surface area contributed by atoms with Crippen LogP contribution in [-0.2, 0) is 28.5 Å². The molecule has 2 N–H and O–H groups in total. The normalized spacial score (nSPS) is 30.8. The Morgan fingerprint density at radius 3 is 2.62 bits per heavy atom. The molecule has 5 unspecified atom stereocenters. The lowest BCUT2D eigenvalue weighted by atomic mass is 9.95. The van der Waals surface area contributed by atoms with E-state index in [1.165, 1.54) is 6.92 Å². The molecule has 0 spiro atoms. The van der Waals surface area contributed by atoms with Crippen molar-refractivity contribution < 1.29 is 38.4 Å². The minimum atomic E-state index is -1.14. The Morgan fingerprint density at radius 1 is 1.31 bits per heavy atom. The summed E-state index contributed by atoms with van der Waals surface area (Å²) in [6.07, 6.45) is -3.05. The van der Waals surface area contributed by atoms with Crippen LogP contribution in [0.2, 0.25) is 5.02 Å². The van der Waals surface area contributed by atoms with Crippen molar-refractivity contribution in [3.05, 3.63) is 29.3 Å². The van der Waals surface area contributed by atoms with Crippen LogP contribution in [0.1, 0.15) is 20.8 Å². The summed E-state index contributed by atoms with van der Waals surface area (Å²) in [5.41, 5.74) is 0. The molecule has 2 aliphatic heterocycles. The van der Waals surface area contributed by atoms with E-state index in [9.17, 15) is 9.59 Å². The lowest BCUT2D eigenvalue weighted by Crippen LogP contribution is -2.69. The number of rotatable bonds is 6. The predicted octanol–water partition coefficient (Wildman–Crippen LogP) is 1.57. The first kappa shape index (κ1) is 21.8. The first-order valence-corrected chi connectivity index (χ1v) is 9.52. The number of carbonyl (C=O) groups is 2. The van der Waals surface area contributed by atoms with Crippen LogP contribution in [0.4, 0.5) is 0 Å². The van der Waals surface area contributed by atoms with Gasteiger partial charge in [-0.1, -0.05) is 11.6 Å². The zero-order valence-corrected chi connectivity index (χ0v) is 17.0. The van der Waals surface area contributed by atoms with Crippen molar-refractivity contribution in [2.24, 2.45) is 0 Å². The molecule has 3 rings (SSSR count). The Kier molecular flexibility index (Phi) is 6.65. The monoisotopic (exact) mass is 429 g/mol. The van der Waals surface area contributed by atoms with Gasteiger partial charge in [0, 0.05) is 11.9 Å². The quantitative estimate of drug-likeness (QED) is 0.700. The van der Waals surface area contributed by atoms with Gasteiger partial charge in [0.25, 0.3) is 0 Å². The van der Waals surface area contributed by atoms with Gasteiger partial charge in [0.1, 0.15) is 36.7 Å². The molecule has 0 saturated carbocycles. The Bertz CT molecular complexity index is 740. The third-order valence-corrected chi connectivity index (χ3v) is 4.75. The molecule has 160 valence electrons. The zero-order chi connectivity index (χ0) is 21.2. The van der Waals surface area contributed by atoms with E-state index < -0.39 is 49.0 Å². The van der Waals surface area contributed by atoms with Gasteiger partial charge in [-0.2, -0.15) is 0 Å². The molecule has 2 saturated heterocycles. The number of amides is 1. The van der Waals surface area contributed by atoms with E-state index in [2.05, 4.69) is 5.32 Å². The molecule has 1 aromatic carbocycles. The molecule has 9 nitrogen and oxygen atoms in total. The van der Waals surface area contributed by atoms with E-state index in [0.717, 1.165) is 0 Å². The number of fused-ring (bicyclic) bond motifs is 1. The number of halogens is 1.